The Morgan fingerprint density at radius 3 is 2.33 bits per heavy atom. The van der Waals surface area contributed by atoms with E-state index in [9.17, 15) is 39.3 Å². The number of cyclic esters (lactones) is 1. The van der Waals surface area contributed by atoms with Crippen LogP contribution in [0.15, 0.2) is 47.6 Å². The number of Topliss-reactive ketones (excluding diaryl/α,β-unsaturated/α-hetero) is 3. The predicted molar refractivity (Wildman–Crippen MR) is 261 cm³/mol. The van der Waals surface area contributed by atoms with E-state index in [1.165, 1.54) is 12.0 Å². The summed E-state index contributed by atoms with van der Waals surface area (Å²) in [7, 11) is 3.01. The van der Waals surface area contributed by atoms with Crippen LogP contribution in [0.1, 0.15) is 132 Å². The molecule has 4 aliphatic rings. The Morgan fingerprint density at radius 1 is 0.913 bits per heavy atom. The standard InChI is InChI=1S/C54H85NO14/c1-11-66-44-18-13-12-16-33(2)19-22-41-23-20-39(8)54(63,69-41)51(60)52(61)55-25-15-14-17-42(55)53(62)68-46(36(5)30-40-21-24-45(67-27-26-56)47(31-40)64-9)32-43(57)34(3)28-37(6)48(58)50(65-10)49(59)38(7)29-35(44)4/h12-13,16,18-19,28,34-36,38-42,44-48,50,56,58,63H,11,14-15,17,20-27,29-32H2,1-10H3/b16-12?,18-13?,33-19+,37-28+/t34-,35+,36-,38-,39-,40+,41-,42+,44?,45-,46+,47-,48-,50-,54-/m1/s1. The highest BCUT2D eigenvalue weighted by Gasteiger charge is 2.53. The van der Waals surface area contributed by atoms with Crippen molar-refractivity contribution in [1.82, 2.24) is 4.90 Å². The average molecular weight is 972 g/mol. The Hall–Kier alpha value is -3.41. The van der Waals surface area contributed by atoms with Gasteiger partial charge in [-0.3, -0.25) is 19.2 Å². The van der Waals surface area contributed by atoms with Crippen LogP contribution >= 0.6 is 0 Å². The number of amides is 1. The predicted octanol–water partition coefficient (Wildman–Crippen LogP) is 6.59. The zero-order valence-corrected chi connectivity index (χ0v) is 43.1. The van der Waals surface area contributed by atoms with E-state index in [1.807, 2.05) is 65.0 Å². The fraction of sp³-hybridized carbons (Fsp3) is 0.759. The Morgan fingerprint density at radius 2 is 1.65 bits per heavy atom. The van der Waals surface area contributed by atoms with Crippen molar-refractivity contribution in [3.63, 3.8) is 0 Å². The second-order valence-corrected chi connectivity index (χ2v) is 20.4. The van der Waals surface area contributed by atoms with Crippen molar-refractivity contribution in [2.75, 3.05) is 40.6 Å². The molecule has 0 spiro atoms. The SMILES string of the molecule is CCOC1C=CC=C/C(C)=C/C[C@@H]2CC[C@@H](C)[C@@](O)(O2)C(=O)C(=O)N2CCCC[C@H]2C(=O)O[C@H]([C@H](C)C[C@@H]2CC[C@@H](OCCO)[C@H](OC)C2)CC(=O)[C@H](C)/C=C(\C)[C@@H](O)[C@@H](OC)C(=O)[C@H](C)C[C@@H]1C. The zero-order valence-electron chi connectivity index (χ0n) is 43.1. The van der Waals surface area contributed by atoms with Gasteiger partial charge in [0, 0.05) is 51.5 Å². The molecule has 2 bridgehead atoms. The number of esters is 1. The van der Waals surface area contributed by atoms with Crippen LogP contribution in [0.3, 0.4) is 0 Å². The Labute approximate surface area is 411 Å². The van der Waals surface area contributed by atoms with Crippen LogP contribution in [0, 0.1) is 35.5 Å². The van der Waals surface area contributed by atoms with Gasteiger partial charge in [0.1, 0.15) is 30.1 Å². The molecule has 1 unspecified atom stereocenters. The first kappa shape index (κ1) is 58.2. The molecule has 1 aliphatic carbocycles. The molecule has 2 saturated heterocycles. The highest BCUT2D eigenvalue weighted by atomic mass is 16.6. The smallest absolute Gasteiger partial charge is 0.329 e. The first-order valence-corrected chi connectivity index (χ1v) is 25.6. The van der Waals surface area contributed by atoms with Gasteiger partial charge in [-0.05, 0) is 115 Å². The average Bonchev–Trinajstić information content (AvgIpc) is 3.33. The molecule has 0 aromatic heterocycles. The van der Waals surface area contributed by atoms with Crippen LogP contribution in [-0.2, 0) is 52.4 Å². The van der Waals surface area contributed by atoms with E-state index in [4.69, 9.17) is 28.4 Å². The number of carbonyl (C=O) groups excluding carboxylic acids is 5. The van der Waals surface area contributed by atoms with Crippen molar-refractivity contribution in [3.8, 4) is 0 Å². The molecule has 3 aliphatic heterocycles. The first-order valence-electron chi connectivity index (χ1n) is 25.6. The number of rotatable bonds is 10. The third-order valence-electron chi connectivity index (χ3n) is 15.0. The highest BCUT2D eigenvalue weighted by Crippen LogP contribution is 2.37. The molecule has 15 atom stereocenters. The minimum absolute atomic E-state index is 0.0724. The van der Waals surface area contributed by atoms with Crippen molar-refractivity contribution in [1.29, 1.82) is 0 Å². The van der Waals surface area contributed by atoms with Gasteiger partial charge in [-0.1, -0.05) is 76.6 Å². The van der Waals surface area contributed by atoms with Gasteiger partial charge in [0.15, 0.2) is 5.78 Å². The van der Waals surface area contributed by atoms with E-state index in [2.05, 4.69) is 0 Å². The van der Waals surface area contributed by atoms with E-state index in [-0.39, 0.29) is 80.2 Å². The molecule has 15 nitrogen and oxygen atoms in total. The minimum Gasteiger partial charge on any atom is -0.460 e. The second kappa shape index (κ2) is 28.0. The molecule has 69 heavy (non-hydrogen) atoms. The fourth-order valence-electron chi connectivity index (χ4n) is 10.6. The number of aliphatic hydroxyl groups excluding tert-OH is 2. The van der Waals surface area contributed by atoms with E-state index >= 15 is 0 Å². The molecule has 1 saturated carbocycles. The minimum atomic E-state index is -2.40. The number of carbonyl (C=O) groups is 5. The molecule has 4 rings (SSSR count). The second-order valence-electron chi connectivity index (χ2n) is 20.4. The summed E-state index contributed by atoms with van der Waals surface area (Å²) in [5, 5.41) is 32.8. The normalized spacial score (nSPS) is 37.8. The summed E-state index contributed by atoms with van der Waals surface area (Å²) >= 11 is 0. The quantitative estimate of drug-likeness (QED) is 0.120. The molecule has 3 N–H and O–H groups in total. The van der Waals surface area contributed by atoms with Crippen molar-refractivity contribution in [2.45, 2.75) is 187 Å². The maximum atomic E-state index is 14.4. The van der Waals surface area contributed by atoms with Crippen LogP contribution in [-0.4, -0.2) is 145 Å². The van der Waals surface area contributed by atoms with Crippen LogP contribution in [0.25, 0.3) is 0 Å². The van der Waals surface area contributed by atoms with Gasteiger partial charge in [0.05, 0.1) is 37.6 Å². The Kier molecular flexibility index (Phi) is 23.6. The molecule has 15 heteroatoms. The third-order valence-corrected chi connectivity index (χ3v) is 15.0. The first-order chi connectivity index (χ1) is 32.8. The van der Waals surface area contributed by atoms with Gasteiger partial charge in [-0.15, -0.1) is 0 Å². The number of ketones is 3. The molecule has 390 valence electrons. The monoisotopic (exact) mass is 972 g/mol. The van der Waals surface area contributed by atoms with Crippen molar-refractivity contribution < 1.29 is 67.7 Å². The topological polar surface area (TPSA) is 205 Å². The molecule has 1 amide bonds. The maximum Gasteiger partial charge on any atom is 0.329 e. The maximum absolute atomic E-state index is 14.4. The van der Waals surface area contributed by atoms with Crippen molar-refractivity contribution >= 4 is 29.2 Å². The zero-order chi connectivity index (χ0) is 51.0. The number of piperidine rings is 1. The lowest BCUT2D eigenvalue weighted by atomic mass is 9.78. The fourth-order valence-corrected chi connectivity index (χ4v) is 10.6. The van der Waals surface area contributed by atoms with Crippen LogP contribution < -0.4 is 0 Å². The van der Waals surface area contributed by atoms with Gasteiger partial charge >= 0.3 is 5.97 Å². The molecular weight excluding hydrogens is 887 g/mol. The number of aliphatic hydroxyl groups is 3. The van der Waals surface area contributed by atoms with Gasteiger partial charge in [0.2, 0.25) is 5.79 Å². The molecule has 0 radical (unpaired) electrons. The number of fused-ring (bicyclic) bond motifs is 3. The van der Waals surface area contributed by atoms with Gasteiger partial charge in [-0.25, -0.2) is 4.79 Å². The van der Waals surface area contributed by atoms with Crippen LogP contribution in [0.5, 0.6) is 0 Å². The summed E-state index contributed by atoms with van der Waals surface area (Å²) in [5.74, 6) is -8.03. The van der Waals surface area contributed by atoms with Crippen molar-refractivity contribution in [2.24, 2.45) is 35.5 Å². The summed E-state index contributed by atoms with van der Waals surface area (Å²) in [6, 6.07) is -1.13. The highest BCUT2D eigenvalue weighted by molar-refractivity contribution is 6.39. The summed E-state index contributed by atoms with van der Waals surface area (Å²) in [6.45, 7) is 15.3. The van der Waals surface area contributed by atoms with Gasteiger partial charge in [-0.2, -0.15) is 0 Å². The van der Waals surface area contributed by atoms with Gasteiger partial charge < -0.3 is 48.6 Å². The number of hydrogen-bond donors (Lipinski definition) is 3. The van der Waals surface area contributed by atoms with Gasteiger partial charge in [0.25, 0.3) is 11.7 Å². The number of ether oxygens (including phenoxy) is 6. The lowest BCUT2D eigenvalue weighted by molar-refractivity contribution is -0.262. The molecular formula is C54H85NO14. The van der Waals surface area contributed by atoms with Crippen LogP contribution in [0.2, 0.25) is 0 Å². The summed E-state index contributed by atoms with van der Waals surface area (Å²) in [4.78, 5) is 72.2. The molecule has 3 fully saturated rings. The summed E-state index contributed by atoms with van der Waals surface area (Å²) in [5.41, 5.74) is 1.29. The van der Waals surface area contributed by atoms with E-state index in [0.29, 0.717) is 70.0 Å². The number of nitrogens with zero attached hydrogens (tertiary/aromatic N) is 1. The lowest BCUT2D eigenvalue weighted by Crippen LogP contribution is -2.60. The van der Waals surface area contributed by atoms with E-state index in [1.54, 1.807) is 34.0 Å². The van der Waals surface area contributed by atoms with E-state index < -0.39 is 71.7 Å². The van der Waals surface area contributed by atoms with Crippen LogP contribution in [0.4, 0.5) is 0 Å². The molecule has 0 aromatic rings. The molecule has 3 heterocycles. The lowest BCUT2D eigenvalue weighted by Gasteiger charge is -2.42. The Balaban J connectivity index is 1.70. The van der Waals surface area contributed by atoms with Crippen molar-refractivity contribution in [3.05, 3.63) is 47.6 Å². The molecule has 0 aromatic carbocycles. The Bertz CT molecular complexity index is 1830. The third kappa shape index (κ3) is 16.0. The number of allylic oxidation sites excluding steroid dienone is 5. The summed E-state index contributed by atoms with van der Waals surface area (Å²) < 4.78 is 35.8. The number of hydrogen-bond acceptors (Lipinski definition) is 14. The number of methoxy groups -OCH3 is 2. The van der Waals surface area contributed by atoms with E-state index in [0.717, 1.165) is 12.0 Å². The summed E-state index contributed by atoms with van der Waals surface area (Å²) in [6.07, 6.45) is 12.3. The largest absolute Gasteiger partial charge is 0.460 e.